The SMILES string of the molecule is CC[C@H]1OC(n2cc(I)c3c(N)ncnc32)[C@](C)(O)[C@@H]1O. The predicted molar refractivity (Wildman–Crippen MR) is 85.5 cm³/mol. The summed E-state index contributed by atoms with van der Waals surface area (Å²) in [7, 11) is 0. The van der Waals surface area contributed by atoms with Crippen LogP contribution in [0.3, 0.4) is 0 Å². The third-order valence-corrected chi connectivity index (χ3v) is 4.82. The lowest BCUT2D eigenvalue weighted by Gasteiger charge is -2.27. The van der Waals surface area contributed by atoms with Gasteiger partial charge in [0.05, 0.1) is 11.5 Å². The minimum atomic E-state index is -1.41. The molecular weight excluding hydrogens is 387 g/mol. The number of ether oxygens (including phenoxy) is 1. The molecule has 0 spiro atoms. The maximum atomic E-state index is 10.6. The van der Waals surface area contributed by atoms with Gasteiger partial charge in [0.25, 0.3) is 0 Å². The summed E-state index contributed by atoms with van der Waals surface area (Å²) in [4.78, 5) is 8.23. The Labute approximate surface area is 135 Å². The van der Waals surface area contributed by atoms with Crippen LogP contribution in [0.5, 0.6) is 0 Å². The van der Waals surface area contributed by atoms with Crippen molar-refractivity contribution in [3.8, 4) is 0 Å². The van der Waals surface area contributed by atoms with E-state index in [1.165, 1.54) is 6.33 Å². The highest BCUT2D eigenvalue weighted by Crippen LogP contribution is 2.41. The molecule has 1 aliphatic heterocycles. The Morgan fingerprint density at radius 2 is 2.24 bits per heavy atom. The lowest BCUT2D eigenvalue weighted by atomic mass is 9.95. The normalized spacial score (nSPS) is 32.9. The van der Waals surface area contributed by atoms with Crippen molar-refractivity contribution in [2.24, 2.45) is 0 Å². The summed E-state index contributed by atoms with van der Waals surface area (Å²) in [6.07, 6.45) is 1.70. The molecule has 0 amide bonds. The molecular formula is C13H17IN4O3. The van der Waals surface area contributed by atoms with Crippen molar-refractivity contribution >= 4 is 39.4 Å². The zero-order chi connectivity index (χ0) is 15.4. The zero-order valence-electron chi connectivity index (χ0n) is 11.7. The fraction of sp³-hybridized carbons (Fsp3) is 0.538. The van der Waals surface area contributed by atoms with Crippen molar-refractivity contribution in [1.82, 2.24) is 14.5 Å². The minimum absolute atomic E-state index is 0.383. The first-order valence-corrected chi connectivity index (χ1v) is 7.78. The molecule has 1 aliphatic rings. The molecule has 3 heterocycles. The standard InChI is InChI=1S/C13H17IN4O3/c1-3-7-9(19)13(2,20)12(21-7)18-4-6(14)8-10(15)16-5-17-11(8)18/h4-5,7,9,12,19-20H,3H2,1-2H3,(H2,15,16,17)/t7-,9-,12?,13-/m1/s1. The van der Waals surface area contributed by atoms with E-state index in [4.69, 9.17) is 10.5 Å². The Hall–Kier alpha value is -0.970. The number of rotatable bonds is 2. The van der Waals surface area contributed by atoms with E-state index in [9.17, 15) is 10.2 Å². The van der Waals surface area contributed by atoms with Crippen molar-refractivity contribution in [3.63, 3.8) is 0 Å². The van der Waals surface area contributed by atoms with Gasteiger partial charge in [0, 0.05) is 9.77 Å². The van der Waals surface area contributed by atoms with Crippen LogP contribution in [-0.4, -0.2) is 42.6 Å². The summed E-state index contributed by atoms with van der Waals surface area (Å²) in [5, 5.41) is 21.6. The average Bonchev–Trinajstić information content (AvgIpc) is 2.87. The first kappa shape index (κ1) is 14.9. The van der Waals surface area contributed by atoms with Crippen LogP contribution in [0.4, 0.5) is 5.82 Å². The lowest BCUT2D eigenvalue weighted by Crippen LogP contribution is -2.43. The first-order chi connectivity index (χ1) is 9.87. The summed E-state index contributed by atoms with van der Waals surface area (Å²) in [6, 6.07) is 0. The Morgan fingerprint density at radius 3 is 2.86 bits per heavy atom. The van der Waals surface area contributed by atoms with E-state index in [0.717, 1.165) is 8.96 Å². The zero-order valence-corrected chi connectivity index (χ0v) is 13.9. The van der Waals surface area contributed by atoms with Gasteiger partial charge in [-0.15, -0.1) is 0 Å². The van der Waals surface area contributed by atoms with Gasteiger partial charge in [-0.25, -0.2) is 9.97 Å². The van der Waals surface area contributed by atoms with Crippen LogP contribution in [0.1, 0.15) is 26.5 Å². The largest absolute Gasteiger partial charge is 0.387 e. The number of anilines is 1. The van der Waals surface area contributed by atoms with Crippen LogP contribution in [0.25, 0.3) is 11.0 Å². The molecule has 4 atom stereocenters. The topological polar surface area (TPSA) is 106 Å². The van der Waals surface area contributed by atoms with Crippen molar-refractivity contribution in [2.75, 3.05) is 5.73 Å². The molecule has 0 radical (unpaired) electrons. The summed E-state index contributed by atoms with van der Waals surface area (Å²) in [5.41, 5.74) is 5.07. The van der Waals surface area contributed by atoms with E-state index in [1.807, 2.05) is 6.92 Å². The third-order valence-electron chi connectivity index (χ3n) is 4.00. The summed E-state index contributed by atoms with van der Waals surface area (Å²) >= 11 is 2.14. The maximum Gasteiger partial charge on any atom is 0.166 e. The molecule has 0 aromatic carbocycles. The van der Waals surface area contributed by atoms with Gasteiger partial charge in [0.15, 0.2) is 6.23 Å². The molecule has 7 nitrogen and oxygen atoms in total. The van der Waals surface area contributed by atoms with Crippen LogP contribution in [0, 0.1) is 3.57 Å². The van der Waals surface area contributed by atoms with Crippen molar-refractivity contribution < 1.29 is 14.9 Å². The maximum absolute atomic E-state index is 10.6. The van der Waals surface area contributed by atoms with Gasteiger partial charge in [-0.3, -0.25) is 0 Å². The fourth-order valence-electron chi connectivity index (χ4n) is 2.81. The van der Waals surface area contributed by atoms with E-state index in [1.54, 1.807) is 17.7 Å². The van der Waals surface area contributed by atoms with Gasteiger partial charge >= 0.3 is 0 Å². The van der Waals surface area contributed by atoms with Gasteiger partial charge in [-0.2, -0.15) is 0 Å². The molecule has 1 unspecified atom stereocenters. The molecule has 8 heteroatoms. The van der Waals surface area contributed by atoms with Gasteiger partial charge < -0.3 is 25.3 Å². The number of aromatic nitrogens is 3. The van der Waals surface area contributed by atoms with Gasteiger partial charge in [-0.1, -0.05) is 6.92 Å². The Kier molecular flexibility index (Phi) is 3.59. The molecule has 1 fully saturated rings. The second kappa shape index (κ2) is 5.04. The number of fused-ring (bicyclic) bond motifs is 1. The second-order valence-electron chi connectivity index (χ2n) is 5.45. The number of nitrogens with two attached hydrogens (primary N) is 1. The van der Waals surface area contributed by atoms with Crippen LogP contribution < -0.4 is 5.73 Å². The molecule has 2 aromatic heterocycles. The van der Waals surface area contributed by atoms with Gasteiger partial charge in [-0.05, 0) is 35.9 Å². The number of nitrogens with zero attached hydrogens (tertiary/aromatic N) is 3. The van der Waals surface area contributed by atoms with Crippen LogP contribution in [0.15, 0.2) is 12.5 Å². The molecule has 0 saturated carbocycles. The van der Waals surface area contributed by atoms with Crippen molar-refractivity contribution in [3.05, 3.63) is 16.1 Å². The fourth-order valence-corrected chi connectivity index (χ4v) is 3.63. The monoisotopic (exact) mass is 404 g/mol. The summed E-state index contributed by atoms with van der Waals surface area (Å²) in [5.74, 6) is 0.383. The number of hydrogen-bond acceptors (Lipinski definition) is 6. The number of halogens is 1. The minimum Gasteiger partial charge on any atom is -0.387 e. The van der Waals surface area contributed by atoms with Crippen LogP contribution in [-0.2, 0) is 4.74 Å². The highest BCUT2D eigenvalue weighted by Gasteiger charge is 2.52. The first-order valence-electron chi connectivity index (χ1n) is 6.70. The molecule has 4 N–H and O–H groups in total. The second-order valence-corrected chi connectivity index (χ2v) is 6.61. The van der Waals surface area contributed by atoms with E-state index in [0.29, 0.717) is 17.9 Å². The van der Waals surface area contributed by atoms with Crippen LogP contribution >= 0.6 is 22.6 Å². The highest BCUT2D eigenvalue weighted by molar-refractivity contribution is 14.1. The van der Waals surface area contributed by atoms with E-state index in [-0.39, 0.29) is 0 Å². The quantitative estimate of drug-likeness (QED) is 0.646. The predicted octanol–water partition coefficient (Wildman–Crippen LogP) is 1.04. The molecule has 0 aliphatic carbocycles. The molecule has 21 heavy (non-hydrogen) atoms. The number of aliphatic hydroxyl groups is 2. The van der Waals surface area contributed by atoms with E-state index in [2.05, 4.69) is 32.6 Å². The highest BCUT2D eigenvalue weighted by atomic mass is 127. The van der Waals surface area contributed by atoms with Gasteiger partial charge in [0.1, 0.15) is 29.5 Å². The Balaban J connectivity index is 2.15. The molecule has 114 valence electrons. The number of hydrogen-bond donors (Lipinski definition) is 3. The lowest BCUT2D eigenvalue weighted by molar-refractivity contribution is -0.0938. The van der Waals surface area contributed by atoms with Gasteiger partial charge in [0.2, 0.25) is 0 Å². The summed E-state index contributed by atoms with van der Waals surface area (Å²) < 4.78 is 8.43. The molecule has 2 aromatic rings. The number of nitrogen functional groups attached to an aromatic ring is 1. The van der Waals surface area contributed by atoms with Crippen molar-refractivity contribution in [2.45, 2.75) is 44.3 Å². The molecule has 0 bridgehead atoms. The van der Waals surface area contributed by atoms with E-state index >= 15 is 0 Å². The molecule has 3 rings (SSSR count). The molecule has 1 saturated heterocycles. The Morgan fingerprint density at radius 1 is 1.52 bits per heavy atom. The van der Waals surface area contributed by atoms with Crippen molar-refractivity contribution in [1.29, 1.82) is 0 Å². The average molecular weight is 404 g/mol. The smallest absolute Gasteiger partial charge is 0.166 e. The van der Waals surface area contributed by atoms with Crippen LogP contribution in [0.2, 0.25) is 0 Å². The number of aliphatic hydroxyl groups excluding tert-OH is 1. The van der Waals surface area contributed by atoms with E-state index < -0.39 is 24.0 Å². The summed E-state index contributed by atoms with van der Waals surface area (Å²) in [6.45, 7) is 3.48. The third kappa shape index (κ3) is 2.12. The Bertz CT molecular complexity index is 687.